The highest BCUT2D eigenvalue weighted by Crippen LogP contribution is 2.18. The summed E-state index contributed by atoms with van der Waals surface area (Å²) in [7, 11) is 0. The summed E-state index contributed by atoms with van der Waals surface area (Å²) in [5, 5.41) is 0. The Morgan fingerprint density at radius 2 is 1.19 bits per heavy atom. The van der Waals surface area contributed by atoms with Gasteiger partial charge in [0.1, 0.15) is 17.9 Å². The smallest absolute Gasteiger partial charge is 0.306 e. The number of aromatic nitrogens is 4. The number of aryl methyl sites for hydroxylation is 1. The summed E-state index contributed by atoms with van der Waals surface area (Å²) >= 11 is 0. The highest BCUT2D eigenvalue weighted by molar-refractivity contribution is 5.81. The zero-order valence-corrected chi connectivity index (χ0v) is 38.3. The minimum absolute atomic E-state index is 0.00892. The minimum atomic E-state index is -0.0337. The van der Waals surface area contributed by atoms with Crippen molar-refractivity contribution < 1.29 is 19.1 Å². The third kappa shape index (κ3) is 27.5. The van der Waals surface area contributed by atoms with Crippen molar-refractivity contribution in [3.63, 3.8) is 0 Å². The maximum absolute atomic E-state index is 12.9. The van der Waals surface area contributed by atoms with Gasteiger partial charge >= 0.3 is 11.9 Å². The normalized spacial score (nSPS) is 12.3. The van der Waals surface area contributed by atoms with Gasteiger partial charge in [-0.3, -0.25) is 9.59 Å². The number of nitrogens with two attached hydrogens (primary N) is 1. The standard InChI is InChI=1S/C49H88N6O4/c1-4-7-10-13-18-25-33-44(34-26-19-14-11-8-5-2)59-46(57)36-28-21-17-23-30-38-54(39-32-40-55-43-53-47-48(50)51-42-52-49(47)55)37-29-22-16-20-27-35-45(56)58-41-31-24-15-12-9-6-3/h13,18,42-44H,4-12,14-17,19-41H2,1-3H3,(H2,50,51,52)/b18-13+. The summed E-state index contributed by atoms with van der Waals surface area (Å²) in [6, 6.07) is 0. The van der Waals surface area contributed by atoms with Gasteiger partial charge in [-0.1, -0.05) is 148 Å². The summed E-state index contributed by atoms with van der Waals surface area (Å²) in [5.41, 5.74) is 7.48. The average molecular weight is 825 g/mol. The molecule has 0 saturated carbocycles. The van der Waals surface area contributed by atoms with E-state index in [1.807, 2.05) is 6.33 Å². The zero-order valence-electron chi connectivity index (χ0n) is 38.3. The summed E-state index contributed by atoms with van der Waals surface area (Å²) in [4.78, 5) is 40.5. The molecular formula is C49H88N6O4. The van der Waals surface area contributed by atoms with Crippen molar-refractivity contribution in [3.8, 4) is 0 Å². The molecule has 1 atom stereocenters. The third-order valence-electron chi connectivity index (χ3n) is 11.5. The number of hydrogen-bond acceptors (Lipinski definition) is 9. The lowest BCUT2D eigenvalue weighted by molar-refractivity contribution is -0.150. The molecule has 2 N–H and O–H groups in total. The van der Waals surface area contributed by atoms with Crippen LogP contribution < -0.4 is 5.73 Å². The molecule has 0 aliphatic rings. The SMILES string of the molecule is CCCC/C=C/CCC(CCCCCCCC)OC(=O)CCCCCCCN(CCCCCCCC(=O)OCCCCCCCC)CCCn1cnc2c(N)ncnc21. The second-order valence-electron chi connectivity index (χ2n) is 16.9. The maximum atomic E-state index is 12.9. The fourth-order valence-electron chi connectivity index (χ4n) is 7.77. The first kappa shape index (κ1) is 52.1. The molecule has 0 radical (unpaired) electrons. The number of rotatable bonds is 41. The van der Waals surface area contributed by atoms with Crippen LogP contribution in [0.1, 0.15) is 220 Å². The average Bonchev–Trinajstić information content (AvgIpc) is 3.65. The molecule has 0 amide bonds. The summed E-state index contributed by atoms with van der Waals surface area (Å²) in [6.07, 6.45) is 42.4. The Morgan fingerprint density at radius 1 is 0.627 bits per heavy atom. The van der Waals surface area contributed by atoms with E-state index in [1.54, 1.807) is 0 Å². The largest absolute Gasteiger partial charge is 0.466 e. The Balaban J connectivity index is 1.69. The van der Waals surface area contributed by atoms with E-state index in [9.17, 15) is 9.59 Å². The molecule has 2 aromatic rings. The van der Waals surface area contributed by atoms with Crippen LogP contribution in [0.25, 0.3) is 11.2 Å². The van der Waals surface area contributed by atoms with Crippen LogP contribution in [-0.4, -0.2) is 68.7 Å². The number of unbranched alkanes of at least 4 members (excludes halogenated alkanes) is 20. The molecule has 0 aliphatic carbocycles. The van der Waals surface area contributed by atoms with Crippen molar-refractivity contribution in [1.82, 2.24) is 24.4 Å². The van der Waals surface area contributed by atoms with Crippen LogP contribution in [0, 0.1) is 0 Å². The zero-order chi connectivity index (χ0) is 42.4. The van der Waals surface area contributed by atoms with Crippen LogP contribution in [0.5, 0.6) is 0 Å². The number of anilines is 1. The number of carbonyl (C=O) groups is 2. The number of imidazole rings is 1. The number of ether oxygens (including phenoxy) is 2. The lowest BCUT2D eigenvalue weighted by atomic mass is 10.0. The first-order valence-corrected chi connectivity index (χ1v) is 24.6. The Hall–Kier alpha value is -3.01. The second-order valence-corrected chi connectivity index (χ2v) is 16.9. The second kappa shape index (κ2) is 36.8. The highest BCUT2D eigenvalue weighted by Gasteiger charge is 2.14. The van der Waals surface area contributed by atoms with Gasteiger partial charge in [-0.05, 0) is 90.3 Å². The molecule has 1 unspecified atom stereocenters. The number of allylic oxidation sites excluding steroid dienone is 2. The molecule has 59 heavy (non-hydrogen) atoms. The summed E-state index contributed by atoms with van der Waals surface area (Å²) < 4.78 is 13.6. The van der Waals surface area contributed by atoms with Crippen LogP contribution in [0.3, 0.4) is 0 Å². The molecule has 2 aromatic heterocycles. The van der Waals surface area contributed by atoms with E-state index in [0.29, 0.717) is 30.8 Å². The van der Waals surface area contributed by atoms with Gasteiger partial charge in [-0.25, -0.2) is 15.0 Å². The molecule has 10 nitrogen and oxygen atoms in total. The molecule has 338 valence electrons. The number of fused-ring (bicyclic) bond motifs is 1. The van der Waals surface area contributed by atoms with Crippen LogP contribution in [-0.2, 0) is 25.6 Å². The Morgan fingerprint density at radius 3 is 1.86 bits per heavy atom. The highest BCUT2D eigenvalue weighted by atomic mass is 16.5. The Labute approximate surface area is 360 Å². The van der Waals surface area contributed by atoms with Crippen molar-refractivity contribution in [3.05, 3.63) is 24.8 Å². The van der Waals surface area contributed by atoms with E-state index in [4.69, 9.17) is 15.2 Å². The van der Waals surface area contributed by atoms with Crippen molar-refractivity contribution in [2.75, 3.05) is 32.0 Å². The van der Waals surface area contributed by atoms with Crippen molar-refractivity contribution in [2.45, 2.75) is 232 Å². The van der Waals surface area contributed by atoms with Gasteiger partial charge in [0.15, 0.2) is 11.5 Å². The van der Waals surface area contributed by atoms with E-state index in [-0.39, 0.29) is 18.0 Å². The quantitative estimate of drug-likeness (QED) is 0.0396. The van der Waals surface area contributed by atoms with Gasteiger partial charge in [-0.15, -0.1) is 0 Å². The van der Waals surface area contributed by atoms with E-state index >= 15 is 0 Å². The van der Waals surface area contributed by atoms with E-state index in [2.05, 4.69) is 57.3 Å². The lowest BCUT2D eigenvalue weighted by Crippen LogP contribution is -2.28. The maximum Gasteiger partial charge on any atom is 0.306 e. The molecular weight excluding hydrogens is 737 g/mol. The molecule has 10 heteroatoms. The van der Waals surface area contributed by atoms with Crippen LogP contribution >= 0.6 is 0 Å². The summed E-state index contributed by atoms with van der Waals surface area (Å²) in [6.45, 7) is 11.3. The van der Waals surface area contributed by atoms with Gasteiger partial charge in [0.05, 0.1) is 12.9 Å². The van der Waals surface area contributed by atoms with Gasteiger partial charge in [0.2, 0.25) is 0 Å². The molecule has 0 bridgehead atoms. The predicted molar refractivity (Wildman–Crippen MR) is 246 cm³/mol. The topological polar surface area (TPSA) is 125 Å². The predicted octanol–water partition coefficient (Wildman–Crippen LogP) is 12.9. The van der Waals surface area contributed by atoms with E-state index in [0.717, 1.165) is 135 Å². The number of carbonyl (C=O) groups excluding carboxylic acids is 2. The van der Waals surface area contributed by atoms with Crippen molar-refractivity contribution >= 4 is 28.9 Å². The fourth-order valence-corrected chi connectivity index (χ4v) is 7.77. The number of esters is 2. The molecule has 2 heterocycles. The third-order valence-corrected chi connectivity index (χ3v) is 11.5. The Bertz CT molecular complexity index is 1330. The fraction of sp³-hybridized carbons (Fsp3) is 0.816. The number of hydrogen-bond donors (Lipinski definition) is 1. The molecule has 0 spiro atoms. The molecule has 2 rings (SSSR count). The summed E-state index contributed by atoms with van der Waals surface area (Å²) in [5.74, 6) is 0.380. The van der Waals surface area contributed by atoms with Crippen molar-refractivity contribution in [1.29, 1.82) is 0 Å². The molecule has 0 aromatic carbocycles. The van der Waals surface area contributed by atoms with Gasteiger partial charge in [0.25, 0.3) is 0 Å². The Kier molecular flexibility index (Phi) is 32.5. The van der Waals surface area contributed by atoms with Gasteiger partial charge < -0.3 is 24.7 Å². The number of nitrogen functional groups attached to an aromatic ring is 1. The van der Waals surface area contributed by atoms with Gasteiger partial charge in [0, 0.05) is 19.4 Å². The molecule has 0 aliphatic heterocycles. The van der Waals surface area contributed by atoms with Crippen LogP contribution in [0.2, 0.25) is 0 Å². The minimum Gasteiger partial charge on any atom is -0.466 e. The lowest BCUT2D eigenvalue weighted by Gasteiger charge is -2.22. The van der Waals surface area contributed by atoms with Gasteiger partial charge in [-0.2, -0.15) is 0 Å². The van der Waals surface area contributed by atoms with E-state index in [1.165, 1.54) is 89.8 Å². The monoisotopic (exact) mass is 825 g/mol. The van der Waals surface area contributed by atoms with E-state index < -0.39 is 0 Å². The first-order chi connectivity index (χ1) is 29.0. The first-order valence-electron chi connectivity index (χ1n) is 24.6. The van der Waals surface area contributed by atoms with Crippen LogP contribution in [0.4, 0.5) is 5.82 Å². The molecule has 0 saturated heterocycles. The van der Waals surface area contributed by atoms with Crippen molar-refractivity contribution in [2.24, 2.45) is 0 Å². The van der Waals surface area contributed by atoms with Crippen LogP contribution in [0.15, 0.2) is 24.8 Å². The molecule has 0 fully saturated rings. The number of nitrogens with zero attached hydrogens (tertiary/aromatic N) is 5.